The minimum Gasteiger partial charge on any atom is -0.383 e. The maximum atomic E-state index is 12.4. The fraction of sp³-hybridized carbons (Fsp3) is 0.438. The Labute approximate surface area is 128 Å². The lowest BCUT2D eigenvalue weighted by Gasteiger charge is -2.28. The minimum atomic E-state index is -0.115. The number of rotatable bonds is 5. The molecule has 1 aliphatic heterocycles. The third-order valence-corrected chi connectivity index (χ3v) is 5.03. The van der Waals surface area contributed by atoms with Gasteiger partial charge in [0.05, 0.1) is 17.7 Å². The van der Waals surface area contributed by atoms with Crippen LogP contribution >= 0.6 is 11.3 Å². The van der Waals surface area contributed by atoms with Crippen molar-refractivity contribution >= 4 is 27.3 Å². The lowest BCUT2D eigenvalue weighted by atomic mass is 9.98. The van der Waals surface area contributed by atoms with Crippen molar-refractivity contribution in [1.82, 2.24) is 10.6 Å². The summed E-state index contributed by atoms with van der Waals surface area (Å²) in [5.41, 5.74) is 0.650. The molecule has 1 saturated heterocycles. The van der Waals surface area contributed by atoms with Gasteiger partial charge >= 0.3 is 0 Å². The first-order valence-corrected chi connectivity index (χ1v) is 8.10. The van der Waals surface area contributed by atoms with Crippen LogP contribution in [-0.4, -0.2) is 38.3 Å². The summed E-state index contributed by atoms with van der Waals surface area (Å²) in [5.74, 6) is -0.00312. The Balaban J connectivity index is 1.71. The summed E-state index contributed by atoms with van der Waals surface area (Å²) in [6, 6.07) is 8.01. The van der Waals surface area contributed by atoms with Gasteiger partial charge in [0, 0.05) is 29.1 Å². The molecule has 0 aliphatic carbocycles. The molecular weight excluding hydrogens is 284 g/mol. The molecule has 1 aromatic heterocycles. The lowest BCUT2D eigenvalue weighted by molar-refractivity contribution is 0.0894. The molecule has 112 valence electrons. The van der Waals surface area contributed by atoms with Crippen molar-refractivity contribution in [3.8, 4) is 0 Å². The Kier molecular flexibility index (Phi) is 4.24. The Hall–Kier alpha value is -1.43. The van der Waals surface area contributed by atoms with E-state index >= 15 is 0 Å². The van der Waals surface area contributed by atoms with E-state index in [4.69, 9.17) is 4.74 Å². The van der Waals surface area contributed by atoms with Crippen LogP contribution in [0.3, 0.4) is 0 Å². The number of ether oxygens (including phenoxy) is 1. The van der Waals surface area contributed by atoms with Gasteiger partial charge in [-0.25, -0.2) is 0 Å². The topological polar surface area (TPSA) is 50.4 Å². The zero-order valence-corrected chi connectivity index (χ0v) is 13.0. The number of carbonyl (C=O) groups is 1. The largest absolute Gasteiger partial charge is 0.383 e. The molecule has 1 atom stereocenters. The number of fused-ring (bicyclic) bond motifs is 1. The van der Waals surface area contributed by atoms with E-state index in [1.54, 1.807) is 18.4 Å². The van der Waals surface area contributed by atoms with Gasteiger partial charge in [-0.15, -0.1) is 11.3 Å². The maximum absolute atomic E-state index is 12.4. The summed E-state index contributed by atoms with van der Waals surface area (Å²) in [4.78, 5) is 12.4. The summed E-state index contributed by atoms with van der Waals surface area (Å²) in [5, 5.41) is 9.51. The standard InChI is InChI=1S/C16H20N2O2S/c1-20-11-16(7-4-8-18-16)10-17-15(19)13-9-21-14-6-3-2-5-12(13)14/h2-3,5-6,9,18H,4,7-8,10-11H2,1H3,(H,17,19). The van der Waals surface area contributed by atoms with Crippen molar-refractivity contribution in [2.24, 2.45) is 0 Å². The van der Waals surface area contributed by atoms with Crippen molar-refractivity contribution in [1.29, 1.82) is 0 Å². The van der Waals surface area contributed by atoms with Crippen LogP contribution in [0.25, 0.3) is 10.1 Å². The third-order valence-electron chi connectivity index (χ3n) is 4.07. The number of amides is 1. The average molecular weight is 304 g/mol. The molecule has 0 saturated carbocycles. The monoisotopic (exact) mass is 304 g/mol. The predicted molar refractivity (Wildman–Crippen MR) is 86.0 cm³/mol. The summed E-state index contributed by atoms with van der Waals surface area (Å²) in [7, 11) is 1.70. The number of benzene rings is 1. The zero-order valence-electron chi connectivity index (χ0n) is 12.1. The van der Waals surface area contributed by atoms with Crippen LogP contribution in [0, 0.1) is 0 Å². The van der Waals surface area contributed by atoms with Crippen molar-refractivity contribution in [3.05, 3.63) is 35.2 Å². The molecule has 4 nitrogen and oxygen atoms in total. The average Bonchev–Trinajstić information content (AvgIpc) is 3.12. The molecule has 1 aliphatic rings. The van der Waals surface area contributed by atoms with Gasteiger partial charge in [-0.05, 0) is 25.5 Å². The molecule has 2 aromatic rings. The number of nitrogens with one attached hydrogen (secondary N) is 2. The van der Waals surface area contributed by atoms with Crippen LogP contribution in [0.4, 0.5) is 0 Å². The van der Waals surface area contributed by atoms with Crippen molar-refractivity contribution in [2.75, 3.05) is 26.8 Å². The van der Waals surface area contributed by atoms with Crippen molar-refractivity contribution in [2.45, 2.75) is 18.4 Å². The number of hydrogen-bond acceptors (Lipinski definition) is 4. The smallest absolute Gasteiger partial charge is 0.252 e. The van der Waals surface area contributed by atoms with Gasteiger partial charge in [-0.2, -0.15) is 0 Å². The second-order valence-electron chi connectivity index (χ2n) is 5.57. The molecular formula is C16H20N2O2S. The molecule has 21 heavy (non-hydrogen) atoms. The molecule has 2 heterocycles. The van der Waals surface area contributed by atoms with Gasteiger partial charge in [0.2, 0.25) is 0 Å². The van der Waals surface area contributed by atoms with Crippen LogP contribution in [0.1, 0.15) is 23.2 Å². The molecule has 1 fully saturated rings. The molecule has 5 heteroatoms. The van der Waals surface area contributed by atoms with E-state index in [0.29, 0.717) is 13.2 Å². The van der Waals surface area contributed by atoms with E-state index in [9.17, 15) is 4.79 Å². The van der Waals surface area contributed by atoms with E-state index in [1.807, 2.05) is 29.6 Å². The van der Waals surface area contributed by atoms with Crippen molar-refractivity contribution in [3.63, 3.8) is 0 Å². The van der Waals surface area contributed by atoms with E-state index < -0.39 is 0 Å². The van der Waals surface area contributed by atoms with Gasteiger partial charge in [0.15, 0.2) is 0 Å². The summed E-state index contributed by atoms with van der Waals surface area (Å²) in [6.45, 7) is 2.21. The Morgan fingerprint density at radius 1 is 1.48 bits per heavy atom. The highest BCUT2D eigenvalue weighted by Gasteiger charge is 2.33. The quantitative estimate of drug-likeness (QED) is 0.892. The fourth-order valence-corrected chi connectivity index (χ4v) is 3.91. The van der Waals surface area contributed by atoms with Gasteiger partial charge in [-0.1, -0.05) is 18.2 Å². The third kappa shape index (κ3) is 2.95. The zero-order chi connectivity index (χ0) is 14.7. The second kappa shape index (κ2) is 6.13. The number of carbonyl (C=O) groups excluding carboxylic acids is 1. The highest BCUT2D eigenvalue weighted by atomic mass is 32.1. The van der Waals surface area contributed by atoms with Gasteiger partial charge in [0.25, 0.3) is 5.91 Å². The van der Waals surface area contributed by atoms with Gasteiger partial charge in [-0.3, -0.25) is 4.79 Å². The second-order valence-corrected chi connectivity index (χ2v) is 6.48. The van der Waals surface area contributed by atoms with E-state index in [0.717, 1.165) is 35.0 Å². The van der Waals surface area contributed by atoms with Gasteiger partial charge < -0.3 is 15.4 Å². The number of methoxy groups -OCH3 is 1. The Morgan fingerprint density at radius 3 is 3.10 bits per heavy atom. The molecule has 0 radical (unpaired) electrons. The van der Waals surface area contributed by atoms with Gasteiger partial charge in [0.1, 0.15) is 0 Å². The number of thiophene rings is 1. The maximum Gasteiger partial charge on any atom is 0.252 e. The Morgan fingerprint density at radius 2 is 2.33 bits per heavy atom. The van der Waals surface area contributed by atoms with Crippen LogP contribution < -0.4 is 10.6 Å². The molecule has 1 aromatic carbocycles. The summed E-state index contributed by atoms with van der Waals surface area (Å²) in [6.07, 6.45) is 2.16. The molecule has 1 amide bonds. The first-order chi connectivity index (χ1) is 10.2. The SMILES string of the molecule is COCC1(CNC(=O)c2csc3ccccc23)CCCN1. The molecule has 3 rings (SSSR count). The van der Waals surface area contributed by atoms with E-state index in [2.05, 4.69) is 10.6 Å². The van der Waals surface area contributed by atoms with Crippen LogP contribution in [0.15, 0.2) is 29.6 Å². The fourth-order valence-electron chi connectivity index (χ4n) is 2.97. The Bertz CT molecular complexity index is 632. The minimum absolute atomic E-state index is 0.00312. The lowest BCUT2D eigenvalue weighted by Crippen LogP contribution is -2.52. The highest BCUT2D eigenvalue weighted by Crippen LogP contribution is 2.26. The normalized spacial score (nSPS) is 21.8. The molecule has 0 spiro atoms. The molecule has 2 N–H and O–H groups in total. The van der Waals surface area contributed by atoms with E-state index in [-0.39, 0.29) is 11.4 Å². The first-order valence-electron chi connectivity index (χ1n) is 7.22. The highest BCUT2D eigenvalue weighted by molar-refractivity contribution is 7.17. The molecule has 1 unspecified atom stereocenters. The van der Waals surface area contributed by atoms with Crippen LogP contribution in [-0.2, 0) is 4.74 Å². The summed E-state index contributed by atoms with van der Waals surface area (Å²) < 4.78 is 6.46. The number of hydrogen-bond donors (Lipinski definition) is 2. The summed E-state index contributed by atoms with van der Waals surface area (Å²) >= 11 is 1.61. The van der Waals surface area contributed by atoms with Crippen LogP contribution in [0.5, 0.6) is 0 Å². The van der Waals surface area contributed by atoms with Crippen molar-refractivity contribution < 1.29 is 9.53 Å². The van der Waals surface area contributed by atoms with E-state index in [1.165, 1.54) is 0 Å². The predicted octanol–water partition coefficient (Wildman–Crippen LogP) is 2.40. The first kappa shape index (κ1) is 14.5. The van der Waals surface area contributed by atoms with Crippen LogP contribution in [0.2, 0.25) is 0 Å². The molecule has 0 bridgehead atoms.